The molecule has 1 aromatic carbocycles. The van der Waals surface area contributed by atoms with E-state index < -0.39 is 8.07 Å². The summed E-state index contributed by atoms with van der Waals surface area (Å²) in [6.45, 7) is 6.77. The fraction of sp³-hybridized carbons (Fsp3) is 0.438. The summed E-state index contributed by atoms with van der Waals surface area (Å²) in [5.74, 6) is 0.710. The van der Waals surface area contributed by atoms with Crippen LogP contribution in [0.15, 0.2) is 35.5 Å². The predicted molar refractivity (Wildman–Crippen MR) is 76.4 cm³/mol. The van der Waals surface area contributed by atoms with Crippen LogP contribution in [0.25, 0.3) is 0 Å². The third-order valence-electron chi connectivity index (χ3n) is 4.73. The SMILES string of the molecule is C[Si](C)(C)C1=C[C@@H]2[C@H](C1=O)[C@@H]1O[C@H]2c2ccccc21. The van der Waals surface area contributed by atoms with Gasteiger partial charge in [-0.25, -0.2) is 0 Å². The molecule has 2 bridgehead atoms. The molecule has 0 spiro atoms. The number of rotatable bonds is 1. The van der Waals surface area contributed by atoms with Crippen LogP contribution in [0, 0.1) is 11.8 Å². The van der Waals surface area contributed by atoms with Gasteiger partial charge in [-0.3, -0.25) is 4.79 Å². The molecular weight excluding hydrogens is 252 g/mol. The average Bonchev–Trinajstić information content (AvgIpc) is 2.98. The van der Waals surface area contributed by atoms with E-state index in [9.17, 15) is 4.79 Å². The summed E-state index contributed by atoms with van der Waals surface area (Å²) in [5.41, 5.74) is 2.54. The molecule has 1 saturated heterocycles. The minimum Gasteiger partial charge on any atom is -0.364 e. The van der Waals surface area contributed by atoms with Crippen molar-refractivity contribution in [3.05, 3.63) is 46.7 Å². The summed E-state index contributed by atoms with van der Waals surface area (Å²) in [6, 6.07) is 8.39. The lowest BCUT2D eigenvalue weighted by molar-refractivity contribution is -0.120. The maximum atomic E-state index is 12.7. The fourth-order valence-electron chi connectivity index (χ4n) is 3.88. The quantitative estimate of drug-likeness (QED) is 0.731. The van der Waals surface area contributed by atoms with E-state index in [0.29, 0.717) is 5.78 Å². The van der Waals surface area contributed by atoms with Crippen LogP contribution >= 0.6 is 0 Å². The summed E-state index contributed by atoms with van der Waals surface area (Å²) in [7, 11) is -1.53. The van der Waals surface area contributed by atoms with Crippen LogP contribution in [-0.4, -0.2) is 13.9 Å². The number of hydrogen-bond donors (Lipinski definition) is 0. The Morgan fingerprint density at radius 1 is 1.05 bits per heavy atom. The summed E-state index contributed by atoms with van der Waals surface area (Å²) >= 11 is 0. The maximum Gasteiger partial charge on any atom is 0.161 e. The van der Waals surface area contributed by atoms with Gasteiger partial charge in [-0.05, 0) is 16.3 Å². The molecule has 19 heavy (non-hydrogen) atoms. The van der Waals surface area contributed by atoms with Gasteiger partial charge in [0, 0.05) is 5.92 Å². The van der Waals surface area contributed by atoms with Gasteiger partial charge in [0.1, 0.15) is 0 Å². The molecular formula is C16H18O2Si. The van der Waals surface area contributed by atoms with Crippen LogP contribution in [-0.2, 0) is 9.53 Å². The summed E-state index contributed by atoms with van der Waals surface area (Å²) in [6.07, 6.45) is 2.37. The van der Waals surface area contributed by atoms with Gasteiger partial charge in [-0.2, -0.15) is 0 Å². The lowest BCUT2D eigenvalue weighted by Crippen LogP contribution is -2.31. The highest BCUT2D eigenvalue weighted by Gasteiger charge is 2.58. The van der Waals surface area contributed by atoms with Crippen LogP contribution in [0.4, 0.5) is 0 Å². The predicted octanol–water partition coefficient (Wildman–Crippen LogP) is 3.43. The van der Waals surface area contributed by atoms with Gasteiger partial charge in [0.2, 0.25) is 0 Å². The molecule has 1 aliphatic carbocycles. The van der Waals surface area contributed by atoms with Crippen LogP contribution in [0.1, 0.15) is 23.3 Å². The Bertz CT molecular complexity index is 611. The van der Waals surface area contributed by atoms with Crippen molar-refractivity contribution in [1.82, 2.24) is 0 Å². The third-order valence-corrected chi connectivity index (χ3v) is 6.76. The maximum absolute atomic E-state index is 12.7. The average molecular weight is 270 g/mol. The van der Waals surface area contributed by atoms with E-state index in [-0.39, 0.29) is 24.0 Å². The Morgan fingerprint density at radius 3 is 2.32 bits per heavy atom. The summed E-state index contributed by atoms with van der Waals surface area (Å²) in [4.78, 5) is 12.7. The highest BCUT2D eigenvalue weighted by molar-refractivity contribution is 6.87. The Hall–Kier alpha value is -1.19. The molecule has 1 aromatic rings. The zero-order chi connectivity index (χ0) is 13.4. The number of ketones is 1. The normalized spacial score (nSPS) is 35.3. The zero-order valence-corrected chi connectivity index (χ0v) is 12.5. The van der Waals surface area contributed by atoms with Crippen molar-refractivity contribution in [3.63, 3.8) is 0 Å². The zero-order valence-electron chi connectivity index (χ0n) is 11.5. The number of fused-ring (bicyclic) bond motifs is 8. The van der Waals surface area contributed by atoms with Crippen LogP contribution in [0.5, 0.6) is 0 Å². The lowest BCUT2D eigenvalue weighted by atomic mass is 9.77. The van der Waals surface area contributed by atoms with Crippen molar-refractivity contribution in [2.75, 3.05) is 0 Å². The minimum atomic E-state index is -1.53. The summed E-state index contributed by atoms with van der Waals surface area (Å²) < 4.78 is 6.09. The van der Waals surface area contributed by atoms with Gasteiger partial charge in [-0.1, -0.05) is 50.0 Å². The molecule has 0 aromatic heterocycles. The molecule has 0 unspecified atom stereocenters. The molecule has 0 N–H and O–H groups in total. The number of ether oxygens (including phenoxy) is 1. The number of carbonyl (C=O) groups is 1. The topological polar surface area (TPSA) is 26.3 Å². The first-order chi connectivity index (χ1) is 8.98. The number of Topliss-reactive ketones (excluding diaryl/α,β-unsaturated/α-hetero) is 1. The van der Waals surface area contributed by atoms with Crippen molar-refractivity contribution in [2.24, 2.45) is 11.8 Å². The second-order valence-electron chi connectivity index (χ2n) is 6.90. The van der Waals surface area contributed by atoms with Gasteiger partial charge < -0.3 is 4.74 Å². The Balaban J connectivity index is 1.81. The molecule has 98 valence electrons. The molecule has 0 amide bonds. The molecule has 3 aliphatic rings. The number of allylic oxidation sites excluding steroid dienone is 1. The Kier molecular flexibility index (Phi) is 2.12. The Labute approximate surface area is 114 Å². The summed E-state index contributed by atoms with van der Waals surface area (Å²) in [5, 5.41) is 1.13. The number of benzene rings is 1. The smallest absolute Gasteiger partial charge is 0.161 e. The lowest BCUT2D eigenvalue weighted by Gasteiger charge is -2.22. The first-order valence-corrected chi connectivity index (χ1v) is 10.5. The van der Waals surface area contributed by atoms with Crippen LogP contribution in [0.3, 0.4) is 0 Å². The third kappa shape index (κ3) is 1.37. The molecule has 4 rings (SSSR count). The second-order valence-corrected chi connectivity index (χ2v) is 11.9. The first kappa shape index (κ1) is 11.6. The van der Waals surface area contributed by atoms with E-state index in [0.717, 1.165) is 5.20 Å². The van der Waals surface area contributed by atoms with Gasteiger partial charge >= 0.3 is 0 Å². The number of carbonyl (C=O) groups excluding carboxylic acids is 1. The standard InChI is InChI=1S/C16H18O2Si/c1-19(2,3)12-8-11-13(14(12)17)16-10-7-5-4-6-9(10)15(11)18-16/h4-8,11,13,15-16H,1-3H3/t11-,13-,15+,16-/m1/s1. The molecule has 0 radical (unpaired) electrons. The Morgan fingerprint density at radius 2 is 1.68 bits per heavy atom. The van der Waals surface area contributed by atoms with E-state index in [1.807, 2.05) is 6.07 Å². The van der Waals surface area contributed by atoms with Crippen molar-refractivity contribution < 1.29 is 9.53 Å². The van der Waals surface area contributed by atoms with E-state index in [1.54, 1.807) is 0 Å². The van der Waals surface area contributed by atoms with E-state index >= 15 is 0 Å². The van der Waals surface area contributed by atoms with E-state index in [4.69, 9.17) is 4.74 Å². The molecule has 4 atom stereocenters. The molecule has 2 aliphatic heterocycles. The van der Waals surface area contributed by atoms with Gasteiger partial charge in [0.25, 0.3) is 0 Å². The first-order valence-electron chi connectivity index (χ1n) is 6.99. The molecule has 2 nitrogen and oxygen atoms in total. The van der Waals surface area contributed by atoms with Crippen molar-refractivity contribution in [3.8, 4) is 0 Å². The van der Waals surface area contributed by atoms with Crippen LogP contribution in [0.2, 0.25) is 19.6 Å². The van der Waals surface area contributed by atoms with Crippen LogP contribution < -0.4 is 0 Å². The second kappa shape index (κ2) is 3.47. The van der Waals surface area contributed by atoms with Crippen molar-refractivity contribution in [1.29, 1.82) is 0 Å². The number of hydrogen-bond acceptors (Lipinski definition) is 2. The highest BCUT2D eigenvalue weighted by atomic mass is 28.3. The molecule has 0 saturated carbocycles. The van der Waals surface area contributed by atoms with E-state index in [2.05, 4.69) is 43.9 Å². The van der Waals surface area contributed by atoms with Gasteiger partial charge in [0.15, 0.2) is 5.78 Å². The van der Waals surface area contributed by atoms with E-state index in [1.165, 1.54) is 11.1 Å². The minimum absolute atomic E-state index is 0.00352. The largest absolute Gasteiger partial charge is 0.364 e. The monoisotopic (exact) mass is 270 g/mol. The molecule has 2 heterocycles. The molecule has 1 fully saturated rings. The van der Waals surface area contributed by atoms with Crippen molar-refractivity contribution >= 4 is 13.9 Å². The van der Waals surface area contributed by atoms with Gasteiger partial charge in [0.05, 0.1) is 26.2 Å². The van der Waals surface area contributed by atoms with Crippen molar-refractivity contribution in [2.45, 2.75) is 31.8 Å². The van der Waals surface area contributed by atoms with Gasteiger partial charge in [-0.15, -0.1) is 0 Å². The molecule has 3 heteroatoms. The highest BCUT2D eigenvalue weighted by Crippen LogP contribution is 2.61. The fourth-order valence-corrected chi connectivity index (χ4v) is 5.48.